The molecule has 0 fully saturated rings. The highest BCUT2D eigenvalue weighted by Gasteiger charge is 2.15. The van der Waals surface area contributed by atoms with E-state index in [2.05, 4.69) is 25.5 Å². The van der Waals surface area contributed by atoms with Gasteiger partial charge in [-0.25, -0.2) is 0 Å². The Morgan fingerprint density at radius 1 is 0.833 bits per heavy atom. The van der Waals surface area contributed by atoms with Crippen LogP contribution in [0.2, 0.25) is 15.1 Å². The van der Waals surface area contributed by atoms with Crippen molar-refractivity contribution >= 4 is 52.2 Å². The predicted octanol–water partition coefficient (Wildman–Crippen LogP) is 5.95. The maximum atomic E-state index is 6.20. The van der Waals surface area contributed by atoms with Gasteiger partial charge in [0.15, 0.2) is 11.5 Å². The Labute approximate surface area is 189 Å². The summed E-state index contributed by atoms with van der Waals surface area (Å²) in [6.45, 7) is 0. The van der Waals surface area contributed by atoms with E-state index >= 15 is 0 Å². The van der Waals surface area contributed by atoms with E-state index in [-0.39, 0.29) is 0 Å². The van der Waals surface area contributed by atoms with Gasteiger partial charge in [0.1, 0.15) is 5.03 Å². The van der Waals surface area contributed by atoms with Crippen LogP contribution in [0.15, 0.2) is 69.3 Å². The monoisotopic (exact) mass is 474 g/mol. The van der Waals surface area contributed by atoms with Gasteiger partial charge in [-0.15, -0.1) is 20.4 Å². The number of nitrogens with zero attached hydrogens (tertiary/aromatic N) is 6. The molecule has 0 saturated carbocycles. The fourth-order valence-electron chi connectivity index (χ4n) is 2.77. The average Bonchev–Trinajstić information content (AvgIpc) is 3.34. The molecule has 0 radical (unpaired) electrons. The molecule has 7 nitrogen and oxygen atoms in total. The zero-order valence-electron chi connectivity index (χ0n) is 14.8. The Morgan fingerprint density at radius 2 is 1.63 bits per heavy atom. The molecular weight excluding hydrogens is 467 g/mol. The Morgan fingerprint density at radius 3 is 2.43 bits per heavy atom. The molecule has 3 heterocycles. The number of hydrogen-bond donors (Lipinski definition) is 0. The van der Waals surface area contributed by atoms with Crippen molar-refractivity contribution in [3.63, 3.8) is 0 Å². The zero-order valence-corrected chi connectivity index (χ0v) is 17.9. The molecule has 0 bridgehead atoms. The highest BCUT2D eigenvalue weighted by Crippen LogP contribution is 2.32. The minimum absolute atomic E-state index is 0.331. The quantitative estimate of drug-likeness (QED) is 0.317. The third kappa shape index (κ3) is 3.75. The van der Waals surface area contributed by atoms with Gasteiger partial charge >= 0.3 is 0 Å². The first-order chi connectivity index (χ1) is 14.6. The molecule has 0 aliphatic heterocycles. The minimum Gasteiger partial charge on any atom is -0.411 e. The Hall–Kier alpha value is -2.65. The van der Waals surface area contributed by atoms with Crippen LogP contribution in [0.25, 0.3) is 28.5 Å². The van der Waals surface area contributed by atoms with E-state index in [4.69, 9.17) is 39.2 Å². The van der Waals surface area contributed by atoms with Gasteiger partial charge < -0.3 is 4.42 Å². The second-order valence-corrected chi connectivity index (χ2v) is 8.33. The number of fused-ring (bicyclic) bond motifs is 1. The van der Waals surface area contributed by atoms with Crippen molar-refractivity contribution < 1.29 is 4.42 Å². The van der Waals surface area contributed by atoms with Gasteiger partial charge in [-0.05, 0) is 54.2 Å². The van der Waals surface area contributed by atoms with E-state index < -0.39 is 0 Å². The van der Waals surface area contributed by atoms with Crippen LogP contribution in [0.4, 0.5) is 0 Å². The van der Waals surface area contributed by atoms with Crippen LogP contribution in [0.1, 0.15) is 0 Å². The molecule has 148 valence electrons. The lowest BCUT2D eigenvalue weighted by atomic mass is 10.2. The Balaban J connectivity index is 1.48. The van der Waals surface area contributed by atoms with Crippen molar-refractivity contribution in [2.75, 3.05) is 0 Å². The van der Waals surface area contributed by atoms with Gasteiger partial charge in [-0.2, -0.15) is 9.61 Å². The number of rotatable bonds is 4. The van der Waals surface area contributed by atoms with Crippen LogP contribution in [-0.2, 0) is 0 Å². The van der Waals surface area contributed by atoms with Gasteiger partial charge in [0.2, 0.25) is 5.89 Å². The van der Waals surface area contributed by atoms with Crippen LogP contribution < -0.4 is 0 Å². The van der Waals surface area contributed by atoms with Crippen molar-refractivity contribution in [3.8, 4) is 22.8 Å². The summed E-state index contributed by atoms with van der Waals surface area (Å²) in [5.41, 5.74) is 1.95. The van der Waals surface area contributed by atoms with E-state index in [1.54, 1.807) is 40.9 Å². The first kappa shape index (κ1) is 19.3. The fraction of sp³-hybridized carbons (Fsp3) is 0. The summed E-state index contributed by atoms with van der Waals surface area (Å²) in [5, 5.41) is 23.6. The van der Waals surface area contributed by atoms with Crippen molar-refractivity contribution in [2.24, 2.45) is 0 Å². The smallest absolute Gasteiger partial charge is 0.283 e. The second kappa shape index (κ2) is 7.88. The summed E-state index contributed by atoms with van der Waals surface area (Å²) < 4.78 is 7.34. The van der Waals surface area contributed by atoms with Crippen molar-refractivity contribution in [1.82, 2.24) is 30.0 Å². The molecule has 5 aromatic rings. The normalized spacial score (nSPS) is 11.3. The first-order valence-electron chi connectivity index (χ1n) is 8.52. The molecule has 11 heteroatoms. The predicted molar refractivity (Wildman–Crippen MR) is 115 cm³/mol. The van der Waals surface area contributed by atoms with E-state index in [1.165, 1.54) is 11.8 Å². The van der Waals surface area contributed by atoms with E-state index in [9.17, 15) is 0 Å². The van der Waals surface area contributed by atoms with E-state index in [0.29, 0.717) is 53.8 Å². The maximum Gasteiger partial charge on any atom is 0.283 e. The zero-order chi connectivity index (χ0) is 20.7. The van der Waals surface area contributed by atoms with E-state index in [1.807, 2.05) is 18.2 Å². The number of halogens is 3. The second-order valence-electron chi connectivity index (χ2n) is 6.08. The molecule has 0 amide bonds. The van der Waals surface area contributed by atoms with Crippen LogP contribution in [-0.4, -0.2) is 30.0 Å². The van der Waals surface area contributed by atoms with Crippen LogP contribution in [0.5, 0.6) is 0 Å². The van der Waals surface area contributed by atoms with Crippen LogP contribution in [0.3, 0.4) is 0 Å². The highest BCUT2D eigenvalue weighted by atomic mass is 35.5. The molecule has 2 aromatic carbocycles. The minimum atomic E-state index is 0.331. The molecule has 0 aliphatic rings. The van der Waals surface area contributed by atoms with Crippen LogP contribution in [0, 0.1) is 0 Å². The molecule has 0 N–H and O–H groups in total. The lowest BCUT2D eigenvalue weighted by Gasteiger charge is -2.02. The summed E-state index contributed by atoms with van der Waals surface area (Å²) in [6, 6.07) is 16.0. The molecule has 0 atom stereocenters. The molecule has 0 spiro atoms. The molecule has 3 aromatic heterocycles. The van der Waals surface area contributed by atoms with Gasteiger partial charge in [0, 0.05) is 15.6 Å². The lowest BCUT2D eigenvalue weighted by Crippen LogP contribution is -1.96. The third-order valence-electron chi connectivity index (χ3n) is 4.06. The van der Waals surface area contributed by atoms with Gasteiger partial charge in [-0.3, -0.25) is 0 Å². The fourth-order valence-corrected chi connectivity index (χ4v) is 4.16. The molecule has 30 heavy (non-hydrogen) atoms. The maximum absolute atomic E-state index is 6.20. The topological polar surface area (TPSA) is 82.0 Å². The van der Waals surface area contributed by atoms with Crippen molar-refractivity contribution in [1.29, 1.82) is 0 Å². The summed E-state index contributed by atoms with van der Waals surface area (Å²) in [6.07, 6.45) is 0. The highest BCUT2D eigenvalue weighted by molar-refractivity contribution is 7.99. The largest absolute Gasteiger partial charge is 0.411 e. The molecule has 5 rings (SSSR count). The Bertz CT molecular complexity index is 1370. The van der Waals surface area contributed by atoms with Crippen molar-refractivity contribution in [2.45, 2.75) is 10.2 Å². The molecule has 0 aliphatic carbocycles. The third-order valence-corrected chi connectivity index (χ3v) is 5.59. The first-order valence-corrected chi connectivity index (χ1v) is 10.5. The number of aromatic nitrogens is 6. The van der Waals surface area contributed by atoms with Gasteiger partial charge in [0.25, 0.3) is 5.22 Å². The summed E-state index contributed by atoms with van der Waals surface area (Å²) in [5.74, 6) is 0.849. The summed E-state index contributed by atoms with van der Waals surface area (Å²) in [7, 11) is 0. The molecule has 0 unspecified atom stereocenters. The lowest BCUT2D eigenvalue weighted by molar-refractivity contribution is 0.465. The van der Waals surface area contributed by atoms with Crippen molar-refractivity contribution in [3.05, 3.63) is 69.7 Å². The molecule has 0 saturated heterocycles. The standard InChI is InChI=1S/C19H9Cl3N6OS/c20-11-7-10(8-12(21)9-11)17-24-23-15-5-6-16(27-28(15)17)30-19-26-25-18(29-19)13-3-1-2-4-14(13)22/h1-9H. The van der Waals surface area contributed by atoms with Gasteiger partial charge in [0.05, 0.1) is 10.6 Å². The average molecular weight is 476 g/mol. The number of hydrogen-bond acceptors (Lipinski definition) is 7. The number of benzene rings is 2. The summed E-state index contributed by atoms with van der Waals surface area (Å²) in [4.78, 5) is 0. The Kier molecular flexibility index (Phi) is 5.08. The van der Waals surface area contributed by atoms with E-state index in [0.717, 1.165) is 0 Å². The molecular formula is C19H9Cl3N6OS. The summed E-state index contributed by atoms with van der Waals surface area (Å²) >= 11 is 19.6. The SMILES string of the molecule is Clc1cc(Cl)cc(-c2nnc3ccc(Sc4nnc(-c5ccccc5Cl)o4)nn23)c1. The van der Waals surface area contributed by atoms with Gasteiger partial charge in [-0.1, -0.05) is 46.9 Å². The van der Waals surface area contributed by atoms with Crippen LogP contribution >= 0.6 is 46.6 Å².